The summed E-state index contributed by atoms with van der Waals surface area (Å²) in [7, 11) is 0. The molecule has 0 spiro atoms. The van der Waals surface area contributed by atoms with Crippen molar-refractivity contribution in [3.63, 3.8) is 0 Å². The number of nitrogens with zero attached hydrogens (tertiary/aromatic N) is 2. The van der Waals surface area contributed by atoms with Crippen molar-refractivity contribution >= 4 is 11.3 Å². The normalized spacial score (nSPS) is 14.9. The molecule has 0 N–H and O–H groups in total. The van der Waals surface area contributed by atoms with E-state index in [2.05, 4.69) is 103 Å². The summed E-state index contributed by atoms with van der Waals surface area (Å²) in [6, 6.07) is 25.5. The zero-order valence-electron chi connectivity index (χ0n) is 17.0. The van der Waals surface area contributed by atoms with Gasteiger partial charge in [-0.15, -0.1) is 0 Å². The molecule has 0 aliphatic carbocycles. The van der Waals surface area contributed by atoms with E-state index in [1.54, 1.807) is 0 Å². The third kappa shape index (κ3) is 4.07. The second-order valence-corrected chi connectivity index (χ2v) is 7.11. The van der Waals surface area contributed by atoms with Crippen LogP contribution in [0.15, 0.2) is 97.3 Å². The van der Waals surface area contributed by atoms with Crippen LogP contribution in [-0.2, 0) is 0 Å². The van der Waals surface area contributed by atoms with Gasteiger partial charge >= 0.3 is 0 Å². The van der Waals surface area contributed by atoms with Gasteiger partial charge in [-0.25, -0.2) is 0 Å². The molecule has 144 valence electrons. The second-order valence-electron chi connectivity index (χ2n) is 7.11. The highest BCUT2D eigenvalue weighted by molar-refractivity contribution is 5.88. The summed E-state index contributed by atoms with van der Waals surface area (Å²) >= 11 is 0. The summed E-state index contributed by atoms with van der Waals surface area (Å²) < 4.78 is 2.31. The van der Waals surface area contributed by atoms with Gasteiger partial charge in [0.1, 0.15) is 0 Å². The van der Waals surface area contributed by atoms with E-state index in [1.807, 2.05) is 12.3 Å². The number of pyridine rings is 1. The van der Waals surface area contributed by atoms with Crippen molar-refractivity contribution in [2.45, 2.75) is 26.7 Å². The molecule has 0 bridgehead atoms. The minimum atomic E-state index is 0.989. The molecule has 1 aromatic heterocycles. The van der Waals surface area contributed by atoms with Gasteiger partial charge in [-0.3, -0.25) is 0 Å². The smallest absolute Gasteiger partial charge is 0.196 e. The lowest BCUT2D eigenvalue weighted by Crippen LogP contribution is -2.41. The van der Waals surface area contributed by atoms with Crippen molar-refractivity contribution in [2.75, 3.05) is 0 Å². The fourth-order valence-electron chi connectivity index (χ4n) is 3.75. The Hall–Kier alpha value is -3.39. The highest BCUT2D eigenvalue weighted by atomic mass is 14.9. The summed E-state index contributed by atoms with van der Waals surface area (Å²) in [5.74, 6) is 0. The van der Waals surface area contributed by atoms with Gasteiger partial charge in [0.05, 0.1) is 0 Å². The lowest BCUT2D eigenvalue weighted by molar-refractivity contribution is -0.541. The minimum Gasteiger partial charge on any atom is -0.659 e. The topological polar surface area (TPSA) is 20.0 Å². The van der Waals surface area contributed by atoms with Gasteiger partial charge in [0.25, 0.3) is 0 Å². The van der Waals surface area contributed by atoms with Crippen LogP contribution in [-0.4, -0.2) is 0 Å². The molecule has 0 atom stereocenters. The number of rotatable bonds is 4. The lowest BCUT2D eigenvalue weighted by atomic mass is 10.0. The first-order valence-electron chi connectivity index (χ1n) is 10.3. The van der Waals surface area contributed by atoms with E-state index in [1.165, 1.54) is 28.0 Å². The summed E-state index contributed by atoms with van der Waals surface area (Å²) in [5.41, 5.74) is 7.18. The molecule has 1 aliphatic heterocycles. The predicted molar refractivity (Wildman–Crippen MR) is 121 cm³/mol. The molecule has 0 saturated heterocycles. The quantitative estimate of drug-likeness (QED) is 0.501. The van der Waals surface area contributed by atoms with E-state index in [0.717, 1.165) is 23.9 Å². The molecule has 4 rings (SSSR count). The Balaban J connectivity index is 1.98. The van der Waals surface area contributed by atoms with Gasteiger partial charge < -0.3 is 5.32 Å². The van der Waals surface area contributed by atoms with Crippen molar-refractivity contribution in [3.8, 4) is 11.1 Å². The zero-order chi connectivity index (χ0) is 20.1. The van der Waals surface area contributed by atoms with E-state index in [4.69, 9.17) is 5.32 Å². The van der Waals surface area contributed by atoms with E-state index in [0.29, 0.717) is 0 Å². The summed E-state index contributed by atoms with van der Waals surface area (Å²) in [5, 5.41) is 5.88. The van der Waals surface area contributed by atoms with Crippen molar-refractivity contribution in [1.82, 2.24) is 0 Å². The number of allylic oxidation sites excluding steroid dienone is 2. The highest BCUT2D eigenvalue weighted by Crippen LogP contribution is 2.26. The van der Waals surface area contributed by atoms with Gasteiger partial charge in [-0.1, -0.05) is 92.4 Å². The van der Waals surface area contributed by atoms with Gasteiger partial charge in [0.2, 0.25) is 0 Å². The van der Waals surface area contributed by atoms with Crippen LogP contribution in [0, 0.1) is 5.71 Å². The first-order valence-corrected chi connectivity index (χ1v) is 10.3. The Labute approximate surface area is 172 Å². The molecule has 0 radical (unpaired) electrons. The molecule has 0 unspecified atom stereocenters. The molecule has 1 aliphatic rings. The molecule has 2 nitrogen and oxygen atoms in total. The molecule has 2 heterocycles. The first kappa shape index (κ1) is 18.9. The molecule has 2 heteroatoms. The Bertz CT molecular complexity index is 1160. The van der Waals surface area contributed by atoms with Crippen molar-refractivity contribution in [3.05, 3.63) is 119 Å². The summed E-state index contributed by atoms with van der Waals surface area (Å²) in [6.45, 7) is 4.43. The van der Waals surface area contributed by atoms with Gasteiger partial charge in [0, 0.05) is 25.0 Å². The second kappa shape index (κ2) is 8.74. The maximum absolute atomic E-state index is 4.75. The molecular weight excluding hydrogens is 352 g/mol. The van der Waals surface area contributed by atoms with Crippen LogP contribution in [0.4, 0.5) is 0 Å². The molecule has 0 amide bonds. The van der Waals surface area contributed by atoms with E-state index < -0.39 is 0 Å². The van der Waals surface area contributed by atoms with E-state index in [-0.39, 0.29) is 0 Å². The third-order valence-electron chi connectivity index (χ3n) is 5.35. The van der Waals surface area contributed by atoms with E-state index in [9.17, 15) is 0 Å². The summed E-state index contributed by atoms with van der Waals surface area (Å²) in [4.78, 5) is 0. The number of benzene rings is 2. The predicted octanol–water partition coefficient (Wildman–Crippen LogP) is 5.93. The standard InChI is InChI=1S/C27H26N2/c1-3-25(4-2)29-18-16-24(22-13-9-6-10-14-22)20-27(29)26-19-23(15-17-28-26)21-11-7-5-8-12-21/h5-20H,3-4H2,1-2H3. The third-order valence-corrected chi connectivity index (χ3v) is 5.35. The van der Waals surface area contributed by atoms with Crippen LogP contribution in [0.2, 0.25) is 0 Å². The van der Waals surface area contributed by atoms with Crippen molar-refractivity contribution in [1.29, 1.82) is 0 Å². The largest absolute Gasteiger partial charge is 0.659 e. The molecular formula is C27H26N2. The monoisotopic (exact) mass is 378 g/mol. The van der Waals surface area contributed by atoms with Crippen molar-refractivity contribution < 1.29 is 4.24 Å². The Kier molecular flexibility index (Phi) is 5.71. The number of hydrogen-bond donors (Lipinski definition) is 0. The first-order chi connectivity index (χ1) is 14.3. The van der Waals surface area contributed by atoms with Crippen LogP contribution in [0.5, 0.6) is 0 Å². The lowest BCUT2D eigenvalue weighted by Gasteiger charge is -2.22. The summed E-state index contributed by atoms with van der Waals surface area (Å²) in [6.07, 6.45) is 10.4. The minimum absolute atomic E-state index is 0.989. The van der Waals surface area contributed by atoms with Gasteiger partial charge in [0.15, 0.2) is 17.3 Å². The molecule has 0 fully saturated rings. The van der Waals surface area contributed by atoms with Gasteiger partial charge in [-0.2, -0.15) is 10.4 Å². The van der Waals surface area contributed by atoms with Crippen LogP contribution >= 0.6 is 0 Å². The molecule has 0 saturated carbocycles. The van der Waals surface area contributed by atoms with Crippen LogP contribution in [0.1, 0.15) is 32.3 Å². The SMILES string of the molecule is CCC(CC)=[n+]1ccc(-c2ccccc2)cc1=C1C=C(c2ccccc2)C=C[N-]1. The molecule has 29 heavy (non-hydrogen) atoms. The molecule has 2 aromatic carbocycles. The average molecular weight is 379 g/mol. The Morgan fingerprint density at radius 2 is 1.45 bits per heavy atom. The van der Waals surface area contributed by atoms with E-state index >= 15 is 0 Å². The van der Waals surface area contributed by atoms with Crippen LogP contribution < -0.4 is 9.59 Å². The maximum Gasteiger partial charge on any atom is 0.196 e. The van der Waals surface area contributed by atoms with Crippen LogP contribution in [0.3, 0.4) is 0 Å². The Morgan fingerprint density at radius 3 is 2.10 bits per heavy atom. The van der Waals surface area contributed by atoms with Crippen molar-refractivity contribution in [2.24, 2.45) is 0 Å². The van der Waals surface area contributed by atoms with Gasteiger partial charge in [-0.05, 0) is 22.3 Å². The molecule has 3 aromatic rings. The number of hydrogen-bond acceptors (Lipinski definition) is 0. The Morgan fingerprint density at radius 1 is 0.793 bits per heavy atom. The fourth-order valence-corrected chi connectivity index (χ4v) is 3.75. The zero-order valence-corrected chi connectivity index (χ0v) is 17.0. The fraction of sp³-hybridized carbons (Fsp3) is 0.148. The highest BCUT2D eigenvalue weighted by Gasteiger charge is 2.09. The maximum atomic E-state index is 4.75. The number of aromatic nitrogens is 1. The van der Waals surface area contributed by atoms with Crippen LogP contribution in [0.25, 0.3) is 27.7 Å². The average Bonchev–Trinajstić information content (AvgIpc) is 2.81.